The first-order valence-electron chi connectivity index (χ1n) is 11.5. The van der Waals surface area contributed by atoms with Crippen LogP contribution in [-0.4, -0.2) is 72.4 Å². The lowest BCUT2D eigenvalue weighted by atomic mass is 10.1. The first-order chi connectivity index (χ1) is 17.4. The van der Waals surface area contributed by atoms with Gasteiger partial charge in [-0.15, -0.1) is 0 Å². The number of halogens is 3. The molecule has 4 heterocycles. The van der Waals surface area contributed by atoms with E-state index in [1.54, 1.807) is 29.2 Å². The second-order valence-electron chi connectivity index (χ2n) is 8.39. The number of rotatable bonds is 4. The smallest absolute Gasteiger partial charge is 0.378 e. The zero-order valence-electron chi connectivity index (χ0n) is 19.3. The summed E-state index contributed by atoms with van der Waals surface area (Å²) in [6.45, 7) is 3.94. The summed E-state index contributed by atoms with van der Waals surface area (Å²) < 4.78 is 45.9. The molecule has 2 aromatic heterocycles. The first kappa shape index (κ1) is 23.7. The highest BCUT2D eigenvalue weighted by Crippen LogP contribution is 2.35. The fraction of sp³-hybridized carbons (Fsp3) is 0.375. The van der Waals surface area contributed by atoms with Crippen LogP contribution in [0.25, 0.3) is 11.4 Å². The largest absolute Gasteiger partial charge is 0.419 e. The van der Waals surface area contributed by atoms with Crippen molar-refractivity contribution in [2.75, 3.05) is 67.2 Å². The standard InChI is InChI=1S/C24H23F3N8O/c25-24(26,27)19-2-1-7-29-21(19)33-8-10-34(11-9-33)22-30-20(18-5-3-17(16-28)4-6-18)31-23(32-22)35-12-14-36-15-13-35/h1-7H,8-15H2. The number of nitrogens with zero attached hydrogens (tertiary/aromatic N) is 8. The Morgan fingerprint density at radius 2 is 1.42 bits per heavy atom. The van der Waals surface area contributed by atoms with E-state index in [-0.39, 0.29) is 5.82 Å². The Hall–Kier alpha value is -3.98. The highest BCUT2D eigenvalue weighted by atomic mass is 19.4. The molecule has 0 bridgehead atoms. The van der Waals surface area contributed by atoms with Gasteiger partial charge in [-0.05, 0) is 36.4 Å². The van der Waals surface area contributed by atoms with Crippen LogP contribution in [-0.2, 0) is 10.9 Å². The Labute approximate surface area is 205 Å². The van der Waals surface area contributed by atoms with E-state index >= 15 is 0 Å². The molecule has 9 nitrogen and oxygen atoms in total. The van der Waals surface area contributed by atoms with Crippen molar-refractivity contribution in [2.24, 2.45) is 0 Å². The van der Waals surface area contributed by atoms with E-state index in [9.17, 15) is 13.2 Å². The molecule has 0 spiro atoms. The van der Waals surface area contributed by atoms with Gasteiger partial charge < -0.3 is 19.4 Å². The molecule has 12 heteroatoms. The highest BCUT2D eigenvalue weighted by Gasteiger charge is 2.36. The summed E-state index contributed by atoms with van der Waals surface area (Å²) in [7, 11) is 0. The van der Waals surface area contributed by atoms with Gasteiger partial charge in [0.15, 0.2) is 5.82 Å². The zero-order chi connectivity index (χ0) is 25.1. The molecule has 2 aliphatic heterocycles. The Morgan fingerprint density at radius 3 is 2.03 bits per heavy atom. The van der Waals surface area contributed by atoms with Crippen LogP contribution >= 0.6 is 0 Å². The molecule has 0 N–H and O–H groups in total. The number of ether oxygens (including phenoxy) is 1. The number of hydrogen-bond acceptors (Lipinski definition) is 9. The van der Waals surface area contributed by atoms with Crippen molar-refractivity contribution in [3.8, 4) is 17.5 Å². The third-order valence-electron chi connectivity index (χ3n) is 6.13. The summed E-state index contributed by atoms with van der Waals surface area (Å²) in [6.07, 6.45) is -3.10. The number of anilines is 3. The molecular formula is C24H23F3N8O. The summed E-state index contributed by atoms with van der Waals surface area (Å²) >= 11 is 0. The highest BCUT2D eigenvalue weighted by molar-refractivity contribution is 5.60. The predicted molar refractivity (Wildman–Crippen MR) is 127 cm³/mol. The molecule has 0 amide bonds. The van der Waals surface area contributed by atoms with Crippen LogP contribution in [0.4, 0.5) is 30.9 Å². The van der Waals surface area contributed by atoms with E-state index in [4.69, 9.17) is 15.0 Å². The number of benzene rings is 1. The maximum atomic E-state index is 13.5. The van der Waals surface area contributed by atoms with Crippen LogP contribution in [0.1, 0.15) is 11.1 Å². The van der Waals surface area contributed by atoms with Gasteiger partial charge in [-0.3, -0.25) is 0 Å². The summed E-state index contributed by atoms with van der Waals surface area (Å²) in [5.74, 6) is 1.39. The van der Waals surface area contributed by atoms with E-state index < -0.39 is 11.7 Å². The Balaban J connectivity index is 1.41. The monoisotopic (exact) mass is 496 g/mol. The van der Waals surface area contributed by atoms with E-state index in [2.05, 4.69) is 21.0 Å². The second kappa shape index (κ2) is 9.94. The average Bonchev–Trinajstić information content (AvgIpc) is 2.93. The SMILES string of the molecule is N#Cc1ccc(-c2nc(N3CCOCC3)nc(N3CCN(c4ncccc4C(F)(F)F)CC3)n2)cc1. The molecule has 5 rings (SSSR count). The van der Waals surface area contributed by atoms with E-state index in [1.165, 1.54) is 12.3 Å². The molecule has 0 radical (unpaired) electrons. The zero-order valence-corrected chi connectivity index (χ0v) is 19.3. The topological polar surface area (TPSA) is 94.3 Å². The summed E-state index contributed by atoms with van der Waals surface area (Å²) in [4.78, 5) is 23.7. The Kier molecular flexibility index (Phi) is 6.56. The summed E-state index contributed by atoms with van der Waals surface area (Å²) in [5, 5.41) is 9.11. The maximum absolute atomic E-state index is 13.5. The van der Waals surface area contributed by atoms with Crippen LogP contribution in [0.5, 0.6) is 0 Å². The molecule has 2 aliphatic rings. The minimum absolute atomic E-state index is 0.0624. The van der Waals surface area contributed by atoms with Gasteiger partial charge >= 0.3 is 6.18 Å². The van der Waals surface area contributed by atoms with Gasteiger partial charge in [0.1, 0.15) is 5.82 Å². The van der Waals surface area contributed by atoms with Crippen LogP contribution in [0.15, 0.2) is 42.6 Å². The second-order valence-corrected chi connectivity index (χ2v) is 8.39. The Morgan fingerprint density at radius 1 is 0.806 bits per heavy atom. The van der Waals surface area contributed by atoms with Crippen molar-refractivity contribution < 1.29 is 17.9 Å². The van der Waals surface area contributed by atoms with Crippen LogP contribution in [0, 0.1) is 11.3 Å². The van der Waals surface area contributed by atoms with Crippen molar-refractivity contribution in [1.29, 1.82) is 5.26 Å². The van der Waals surface area contributed by atoms with Crippen molar-refractivity contribution in [1.82, 2.24) is 19.9 Å². The van der Waals surface area contributed by atoms with Gasteiger partial charge in [0.05, 0.1) is 30.4 Å². The molecule has 0 unspecified atom stereocenters. The van der Waals surface area contributed by atoms with Crippen molar-refractivity contribution in [3.63, 3.8) is 0 Å². The van der Waals surface area contributed by atoms with Crippen molar-refractivity contribution >= 4 is 17.7 Å². The number of aromatic nitrogens is 4. The summed E-state index contributed by atoms with van der Waals surface area (Å²) in [6, 6.07) is 11.4. The van der Waals surface area contributed by atoms with E-state index in [0.29, 0.717) is 75.8 Å². The number of alkyl halides is 3. The minimum Gasteiger partial charge on any atom is -0.378 e. The fourth-order valence-corrected chi connectivity index (χ4v) is 4.21. The minimum atomic E-state index is -4.47. The number of hydrogen-bond donors (Lipinski definition) is 0. The fourth-order valence-electron chi connectivity index (χ4n) is 4.21. The third-order valence-corrected chi connectivity index (χ3v) is 6.13. The molecule has 2 fully saturated rings. The van der Waals surface area contributed by atoms with Crippen LogP contribution in [0.2, 0.25) is 0 Å². The lowest BCUT2D eigenvalue weighted by Gasteiger charge is -2.36. The predicted octanol–water partition coefficient (Wildman–Crippen LogP) is 2.99. The van der Waals surface area contributed by atoms with Crippen molar-refractivity contribution in [3.05, 3.63) is 53.7 Å². The van der Waals surface area contributed by atoms with Crippen LogP contribution in [0.3, 0.4) is 0 Å². The number of morpholine rings is 1. The average molecular weight is 496 g/mol. The quantitative estimate of drug-likeness (QED) is 0.540. The molecular weight excluding hydrogens is 473 g/mol. The summed E-state index contributed by atoms with van der Waals surface area (Å²) in [5.41, 5.74) is 0.538. The first-order valence-corrected chi connectivity index (χ1v) is 11.5. The van der Waals surface area contributed by atoms with Gasteiger partial charge in [0.25, 0.3) is 0 Å². The molecule has 36 heavy (non-hydrogen) atoms. The number of pyridine rings is 1. The van der Waals surface area contributed by atoms with E-state index in [1.807, 2.05) is 9.80 Å². The lowest BCUT2D eigenvalue weighted by Crippen LogP contribution is -2.48. The van der Waals surface area contributed by atoms with Gasteiger partial charge in [0, 0.05) is 51.0 Å². The molecule has 0 atom stereocenters. The normalized spacial score (nSPS) is 16.7. The van der Waals surface area contributed by atoms with Gasteiger partial charge in [-0.2, -0.15) is 33.4 Å². The molecule has 3 aromatic rings. The molecule has 186 valence electrons. The Bertz CT molecular complexity index is 1250. The molecule has 0 aliphatic carbocycles. The van der Waals surface area contributed by atoms with Gasteiger partial charge in [0.2, 0.25) is 11.9 Å². The molecule has 0 saturated carbocycles. The molecule has 2 saturated heterocycles. The van der Waals surface area contributed by atoms with Crippen molar-refractivity contribution in [2.45, 2.75) is 6.18 Å². The number of piperazine rings is 1. The number of nitriles is 1. The van der Waals surface area contributed by atoms with Gasteiger partial charge in [-0.1, -0.05) is 0 Å². The van der Waals surface area contributed by atoms with E-state index in [0.717, 1.165) is 11.6 Å². The third kappa shape index (κ3) is 5.01. The lowest BCUT2D eigenvalue weighted by molar-refractivity contribution is -0.137. The van der Waals surface area contributed by atoms with Crippen LogP contribution < -0.4 is 14.7 Å². The van der Waals surface area contributed by atoms with Gasteiger partial charge in [-0.25, -0.2) is 4.98 Å². The maximum Gasteiger partial charge on any atom is 0.419 e. The molecule has 1 aromatic carbocycles.